The normalized spacial score (nSPS) is 11.2. The molecule has 1 amide bonds. The molecule has 3 heterocycles. The van der Waals surface area contributed by atoms with E-state index in [1.54, 1.807) is 30.6 Å². The van der Waals surface area contributed by atoms with Gasteiger partial charge in [-0.3, -0.25) is 14.8 Å². The highest BCUT2D eigenvalue weighted by Gasteiger charge is 2.13. The van der Waals surface area contributed by atoms with E-state index < -0.39 is 5.91 Å². The van der Waals surface area contributed by atoms with Crippen LogP contribution in [-0.4, -0.2) is 20.9 Å². The van der Waals surface area contributed by atoms with Crippen LogP contribution in [0.1, 0.15) is 32.7 Å². The van der Waals surface area contributed by atoms with Gasteiger partial charge in [-0.1, -0.05) is 29.8 Å². The summed E-state index contributed by atoms with van der Waals surface area (Å²) in [7, 11) is 0. The maximum Gasteiger partial charge on any atom is 0.250 e. The maximum absolute atomic E-state index is 14.5. The number of primary amides is 1. The van der Waals surface area contributed by atoms with Crippen molar-refractivity contribution in [1.29, 1.82) is 0 Å². The number of rotatable bonds is 7. The van der Waals surface area contributed by atoms with Crippen LogP contribution in [0.25, 0.3) is 27.5 Å². The number of fused-ring (bicyclic) bond motifs is 2. The number of aromatic nitrogens is 3. The molecule has 2 aromatic carbocycles. The lowest BCUT2D eigenvalue weighted by molar-refractivity contribution is 0.100. The number of nitrogens with zero attached hydrogens (tertiary/aromatic N) is 2. The summed E-state index contributed by atoms with van der Waals surface area (Å²) in [6.45, 7) is 4.33. The second-order valence-corrected chi connectivity index (χ2v) is 9.25. The van der Waals surface area contributed by atoms with Gasteiger partial charge in [0, 0.05) is 70.4 Å². The van der Waals surface area contributed by atoms with Crippen molar-refractivity contribution in [2.45, 2.75) is 13.0 Å². The van der Waals surface area contributed by atoms with Crippen LogP contribution in [0.5, 0.6) is 0 Å². The molecule has 0 radical (unpaired) electrons. The molecular weight excluding hydrogens is 500 g/mol. The minimum atomic E-state index is -0.567. The van der Waals surface area contributed by atoms with Crippen LogP contribution >= 0.6 is 23.2 Å². The number of aromatic amines is 1. The molecule has 5 rings (SSSR count). The van der Waals surface area contributed by atoms with Gasteiger partial charge in [0.2, 0.25) is 0 Å². The molecular formula is C27H20Cl2FN5O. The lowest BCUT2D eigenvalue weighted by Gasteiger charge is -2.12. The van der Waals surface area contributed by atoms with Crippen LogP contribution < -0.4 is 11.1 Å². The first-order chi connectivity index (χ1) is 17.3. The molecule has 0 fully saturated rings. The Balaban J connectivity index is 1.36. The number of amides is 1. The van der Waals surface area contributed by atoms with E-state index in [1.165, 1.54) is 12.3 Å². The van der Waals surface area contributed by atoms with Crippen LogP contribution in [0.2, 0.25) is 10.0 Å². The second-order valence-electron chi connectivity index (χ2n) is 8.40. The molecule has 4 N–H and O–H groups in total. The molecule has 0 aliphatic heterocycles. The van der Waals surface area contributed by atoms with Gasteiger partial charge in [-0.05, 0) is 48.0 Å². The topological polar surface area (TPSA) is 96.7 Å². The summed E-state index contributed by atoms with van der Waals surface area (Å²) in [6.07, 6.45) is 5.24. The molecule has 0 aliphatic rings. The maximum atomic E-state index is 14.5. The SMILES string of the molecule is C=C(NCc1cc2c(Cl)c[nH]c2cc1F)c1ccnc(Cc2cc(C(N)=O)c3ncc(Cl)cc3c2)c1. The van der Waals surface area contributed by atoms with Crippen molar-refractivity contribution in [2.24, 2.45) is 5.73 Å². The van der Waals surface area contributed by atoms with Gasteiger partial charge in [0.15, 0.2) is 0 Å². The monoisotopic (exact) mass is 519 g/mol. The minimum absolute atomic E-state index is 0.236. The molecule has 180 valence electrons. The summed E-state index contributed by atoms with van der Waals surface area (Å²) in [5, 5.41) is 5.66. The van der Waals surface area contributed by atoms with Crippen LogP contribution in [0.3, 0.4) is 0 Å². The number of pyridine rings is 2. The Labute approximate surface area is 216 Å². The third-order valence-electron chi connectivity index (χ3n) is 5.92. The first kappa shape index (κ1) is 23.8. The van der Waals surface area contributed by atoms with E-state index in [0.717, 1.165) is 27.6 Å². The van der Waals surface area contributed by atoms with Crippen molar-refractivity contribution in [3.05, 3.63) is 111 Å². The number of nitrogens with two attached hydrogens (primary N) is 1. The van der Waals surface area contributed by atoms with E-state index >= 15 is 0 Å². The van der Waals surface area contributed by atoms with Crippen molar-refractivity contribution >= 4 is 56.6 Å². The molecule has 6 nitrogen and oxygen atoms in total. The summed E-state index contributed by atoms with van der Waals surface area (Å²) in [5.74, 6) is -0.907. The first-order valence-electron chi connectivity index (χ1n) is 11.0. The summed E-state index contributed by atoms with van der Waals surface area (Å²) >= 11 is 12.3. The fourth-order valence-corrected chi connectivity index (χ4v) is 4.52. The molecule has 0 bridgehead atoms. The van der Waals surface area contributed by atoms with Crippen molar-refractivity contribution in [1.82, 2.24) is 20.3 Å². The van der Waals surface area contributed by atoms with Gasteiger partial charge < -0.3 is 16.0 Å². The van der Waals surface area contributed by atoms with Gasteiger partial charge >= 0.3 is 0 Å². The Bertz CT molecular complexity index is 1660. The molecule has 3 aromatic heterocycles. The zero-order valence-electron chi connectivity index (χ0n) is 18.9. The Hall–Kier alpha value is -3.94. The van der Waals surface area contributed by atoms with Crippen LogP contribution in [0.4, 0.5) is 4.39 Å². The van der Waals surface area contributed by atoms with Gasteiger partial charge in [0.25, 0.3) is 5.91 Å². The molecule has 5 aromatic rings. The van der Waals surface area contributed by atoms with E-state index in [0.29, 0.717) is 44.3 Å². The summed E-state index contributed by atoms with van der Waals surface area (Å²) in [6, 6.07) is 12.2. The first-order valence-corrected chi connectivity index (χ1v) is 11.7. The van der Waals surface area contributed by atoms with Crippen molar-refractivity contribution in [3.63, 3.8) is 0 Å². The van der Waals surface area contributed by atoms with E-state index in [1.807, 2.05) is 18.2 Å². The molecule has 9 heteroatoms. The lowest BCUT2D eigenvalue weighted by Crippen LogP contribution is -2.13. The number of carbonyl (C=O) groups excluding carboxylic acids is 1. The van der Waals surface area contributed by atoms with Gasteiger partial charge in [-0.25, -0.2) is 4.39 Å². The number of nitrogens with one attached hydrogen (secondary N) is 2. The average Bonchev–Trinajstić information content (AvgIpc) is 3.20. The largest absolute Gasteiger partial charge is 0.381 e. The number of hydrogen-bond donors (Lipinski definition) is 3. The highest BCUT2D eigenvalue weighted by Crippen LogP contribution is 2.27. The van der Waals surface area contributed by atoms with Gasteiger partial charge in [-0.2, -0.15) is 0 Å². The number of benzene rings is 2. The molecule has 0 spiro atoms. The molecule has 0 unspecified atom stereocenters. The quantitative estimate of drug-likeness (QED) is 0.245. The highest BCUT2D eigenvalue weighted by molar-refractivity contribution is 6.35. The van der Waals surface area contributed by atoms with E-state index in [4.69, 9.17) is 28.9 Å². The highest BCUT2D eigenvalue weighted by atomic mass is 35.5. The van der Waals surface area contributed by atoms with E-state index in [-0.39, 0.29) is 12.4 Å². The third-order valence-corrected chi connectivity index (χ3v) is 6.44. The predicted octanol–water partition coefficient (Wildman–Crippen LogP) is 6.01. The van der Waals surface area contributed by atoms with Crippen LogP contribution in [-0.2, 0) is 13.0 Å². The van der Waals surface area contributed by atoms with E-state index in [2.05, 4.69) is 26.8 Å². The molecule has 0 atom stereocenters. The second kappa shape index (κ2) is 9.60. The molecule has 0 saturated heterocycles. The van der Waals surface area contributed by atoms with Gasteiger partial charge in [0.1, 0.15) is 5.82 Å². The lowest BCUT2D eigenvalue weighted by atomic mass is 10.0. The Morgan fingerprint density at radius 3 is 2.78 bits per heavy atom. The van der Waals surface area contributed by atoms with Crippen molar-refractivity contribution in [2.75, 3.05) is 0 Å². The summed E-state index contributed by atoms with van der Waals surface area (Å²) in [4.78, 5) is 23.7. The van der Waals surface area contributed by atoms with Gasteiger partial charge in [-0.15, -0.1) is 0 Å². The summed E-state index contributed by atoms with van der Waals surface area (Å²) < 4.78 is 14.5. The molecule has 36 heavy (non-hydrogen) atoms. The predicted molar refractivity (Wildman–Crippen MR) is 141 cm³/mol. The smallest absolute Gasteiger partial charge is 0.250 e. The Morgan fingerprint density at radius 2 is 1.97 bits per heavy atom. The Morgan fingerprint density at radius 1 is 1.14 bits per heavy atom. The van der Waals surface area contributed by atoms with Gasteiger partial charge in [0.05, 0.1) is 21.1 Å². The average molecular weight is 520 g/mol. The third kappa shape index (κ3) is 4.76. The van der Waals surface area contributed by atoms with Crippen molar-refractivity contribution < 1.29 is 9.18 Å². The zero-order chi connectivity index (χ0) is 25.4. The van der Waals surface area contributed by atoms with Crippen molar-refractivity contribution in [3.8, 4) is 0 Å². The standard InChI is InChI=1S/C27H20Cl2FN5O/c1-14(33-11-18-9-21-23(29)13-34-25(21)10-24(18)30)16-2-3-32-20(8-16)5-15-4-17-7-19(28)12-35-26(17)22(6-15)27(31)36/h2-4,6-10,12-13,33-34H,1,5,11H2,(H2,31,36). The number of hydrogen-bond acceptors (Lipinski definition) is 4. The minimum Gasteiger partial charge on any atom is -0.381 e. The summed E-state index contributed by atoms with van der Waals surface area (Å²) in [5.41, 5.74) is 10.5. The van der Waals surface area contributed by atoms with Crippen LogP contribution in [0, 0.1) is 5.82 Å². The zero-order valence-corrected chi connectivity index (χ0v) is 20.4. The fourth-order valence-electron chi connectivity index (χ4n) is 4.14. The molecule has 0 aliphatic carbocycles. The Kier molecular flexibility index (Phi) is 6.35. The fraction of sp³-hybridized carbons (Fsp3) is 0.0741. The number of H-pyrrole nitrogens is 1. The molecule has 0 saturated carbocycles. The van der Waals surface area contributed by atoms with Crippen LogP contribution in [0.15, 0.2) is 67.6 Å². The number of halogens is 3. The number of carbonyl (C=O) groups is 1. The van der Waals surface area contributed by atoms with E-state index in [9.17, 15) is 9.18 Å².